The fraction of sp³-hybridized carbons (Fsp3) is 0.333. The van der Waals surface area contributed by atoms with Crippen LogP contribution in [0.5, 0.6) is 0 Å². The van der Waals surface area contributed by atoms with Crippen molar-refractivity contribution < 1.29 is 0 Å². The molecule has 1 unspecified atom stereocenters. The molecule has 19 heavy (non-hydrogen) atoms. The van der Waals surface area contributed by atoms with Gasteiger partial charge in [-0.3, -0.25) is 0 Å². The number of hydrogen-bond acceptors (Lipinski definition) is 3. The third kappa shape index (κ3) is 3.39. The lowest BCUT2D eigenvalue weighted by Gasteiger charge is -2.13. The summed E-state index contributed by atoms with van der Waals surface area (Å²) >= 11 is 3.57. The molecule has 1 N–H and O–H groups in total. The molecule has 0 radical (unpaired) electrons. The lowest BCUT2D eigenvalue weighted by molar-refractivity contribution is 0.580. The van der Waals surface area contributed by atoms with Gasteiger partial charge in [-0.15, -0.1) is 0 Å². The average Bonchev–Trinajstić information content (AvgIpc) is 2.45. The number of halogens is 1. The molecule has 0 saturated carbocycles. The van der Waals surface area contributed by atoms with E-state index >= 15 is 0 Å². The maximum atomic E-state index is 4.71. The van der Waals surface area contributed by atoms with Gasteiger partial charge in [-0.1, -0.05) is 41.1 Å². The molecule has 0 saturated heterocycles. The number of aromatic nitrogens is 2. The van der Waals surface area contributed by atoms with Gasteiger partial charge in [0.15, 0.2) is 0 Å². The maximum Gasteiger partial charge on any atom is 0.133 e. The van der Waals surface area contributed by atoms with Gasteiger partial charge in [0.05, 0.1) is 5.69 Å². The molecular weight excluding hydrogens is 302 g/mol. The molecule has 2 rings (SSSR count). The molecule has 0 aliphatic heterocycles. The van der Waals surface area contributed by atoms with E-state index in [2.05, 4.69) is 39.2 Å². The highest BCUT2D eigenvalue weighted by atomic mass is 79.9. The van der Waals surface area contributed by atoms with Crippen LogP contribution in [0.1, 0.15) is 25.1 Å². The van der Waals surface area contributed by atoms with Gasteiger partial charge < -0.3 is 5.32 Å². The summed E-state index contributed by atoms with van der Waals surface area (Å²) in [5, 5.41) is 3.20. The Morgan fingerprint density at radius 2 is 2.05 bits per heavy atom. The Balaban J connectivity index is 2.36. The lowest BCUT2D eigenvalue weighted by Crippen LogP contribution is -2.18. The fourth-order valence-electron chi connectivity index (χ4n) is 2.05. The second-order valence-electron chi connectivity index (χ2n) is 4.44. The van der Waals surface area contributed by atoms with E-state index in [1.807, 2.05) is 37.5 Å². The third-order valence-electron chi connectivity index (χ3n) is 3.13. The van der Waals surface area contributed by atoms with Crippen molar-refractivity contribution in [1.29, 1.82) is 0 Å². The first-order valence-corrected chi connectivity index (χ1v) is 7.28. The van der Waals surface area contributed by atoms with Gasteiger partial charge in [-0.25, -0.2) is 9.97 Å². The molecule has 1 atom stereocenters. The molecule has 100 valence electrons. The smallest absolute Gasteiger partial charge is 0.133 e. The number of nitrogens with zero attached hydrogens (tertiary/aromatic N) is 2. The van der Waals surface area contributed by atoms with Crippen molar-refractivity contribution in [3.63, 3.8) is 0 Å². The molecule has 3 nitrogen and oxygen atoms in total. The van der Waals surface area contributed by atoms with Crippen molar-refractivity contribution in [3.8, 4) is 11.3 Å². The topological polar surface area (TPSA) is 37.8 Å². The average molecular weight is 320 g/mol. The predicted octanol–water partition coefficient (Wildman–Crippen LogP) is 3.62. The van der Waals surface area contributed by atoms with Crippen LogP contribution in [0.4, 0.5) is 0 Å². The van der Waals surface area contributed by atoms with Gasteiger partial charge >= 0.3 is 0 Å². The molecular formula is C15H18BrN3. The number of rotatable bonds is 5. The maximum absolute atomic E-state index is 4.71. The Kier molecular flexibility index (Phi) is 5.05. The van der Waals surface area contributed by atoms with Crippen LogP contribution in [0, 0.1) is 0 Å². The van der Waals surface area contributed by atoms with Crippen LogP contribution >= 0.6 is 15.9 Å². The Hall–Kier alpha value is -1.26. The zero-order valence-electron chi connectivity index (χ0n) is 11.2. The minimum atomic E-state index is 0.354. The van der Waals surface area contributed by atoms with Crippen molar-refractivity contribution in [2.45, 2.75) is 19.3 Å². The van der Waals surface area contributed by atoms with Gasteiger partial charge in [-0.05, 0) is 25.6 Å². The quantitative estimate of drug-likeness (QED) is 0.914. The molecule has 2 aromatic rings. The normalized spacial score (nSPS) is 12.4. The van der Waals surface area contributed by atoms with E-state index in [9.17, 15) is 0 Å². The Morgan fingerprint density at radius 1 is 1.26 bits per heavy atom. The largest absolute Gasteiger partial charge is 0.319 e. The van der Waals surface area contributed by atoms with Crippen molar-refractivity contribution in [3.05, 3.63) is 46.8 Å². The van der Waals surface area contributed by atoms with Gasteiger partial charge in [0.2, 0.25) is 0 Å². The molecule has 1 aromatic carbocycles. The Labute approximate surface area is 122 Å². The summed E-state index contributed by atoms with van der Waals surface area (Å²) in [6.45, 7) is 3.06. The first kappa shape index (κ1) is 14.2. The highest BCUT2D eigenvalue weighted by Gasteiger charge is 2.13. The van der Waals surface area contributed by atoms with Crippen LogP contribution in [-0.4, -0.2) is 23.6 Å². The summed E-state index contributed by atoms with van der Waals surface area (Å²) in [7, 11) is 1.96. The van der Waals surface area contributed by atoms with Gasteiger partial charge in [-0.2, -0.15) is 0 Å². The van der Waals surface area contributed by atoms with Gasteiger partial charge in [0.1, 0.15) is 5.82 Å². The SMILES string of the molecule is CCC(CNC)c1nccc(-c2ccccc2Br)n1. The standard InChI is InChI=1S/C15H18BrN3/c1-3-11(10-17-2)15-18-9-8-14(19-15)12-6-4-5-7-13(12)16/h4-9,11,17H,3,10H2,1-2H3. The summed E-state index contributed by atoms with van der Waals surface area (Å²) in [5.74, 6) is 1.26. The number of benzene rings is 1. The van der Waals surface area contributed by atoms with E-state index in [1.54, 1.807) is 0 Å². The molecule has 4 heteroatoms. The molecule has 0 aliphatic carbocycles. The first-order valence-electron chi connectivity index (χ1n) is 6.48. The zero-order chi connectivity index (χ0) is 13.7. The van der Waals surface area contributed by atoms with E-state index in [-0.39, 0.29) is 0 Å². The predicted molar refractivity (Wildman–Crippen MR) is 82.1 cm³/mol. The van der Waals surface area contributed by atoms with E-state index < -0.39 is 0 Å². The van der Waals surface area contributed by atoms with Crippen molar-refractivity contribution in [2.75, 3.05) is 13.6 Å². The molecule has 1 aromatic heterocycles. The molecule has 0 bridgehead atoms. The Bertz CT molecular complexity index is 542. The zero-order valence-corrected chi connectivity index (χ0v) is 12.8. The van der Waals surface area contributed by atoms with E-state index in [0.29, 0.717) is 5.92 Å². The summed E-state index contributed by atoms with van der Waals surface area (Å²) in [6, 6.07) is 10.1. The first-order chi connectivity index (χ1) is 9.26. The fourth-order valence-corrected chi connectivity index (χ4v) is 2.54. The van der Waals surface area contributed by atoms with Gasteiger partial charge in [0, 0.05) is 28.7 Å². The van der Waals surface area contributed by atoms with E-state index in [0.717, 1.165) is 34.5 Å². The number of hydrogen-bond donors (Lipinski definition) is 1. The third-order valence-corrected chi connectivity index (χ3v) is 3.82. The summed E-state index contributed by atoms with van der Waals surface area (Å²) in [5.41, 5.74) is 2.07. The lowest BCUT2D eigenvalue weighted by atomic mass is 10.1. The Morgan fingerprint density at radius 3 is 2.74 bits per heavy atom. The van der Waals surface area contributed by atoms with Crippen LogP contribution in [-0.2, 0) is 0 Å². The van der Waals surface area contributed by atoms with Crippen LogP contribution in [0.25, 0.3) is 11.3 Å². The molecule has 1 heterocycles. The minimum absolute atomic E-state index is 0.354. The van der Waals surface area contributed by atoms with Crippen molar-refractivity contribution >= 4 is 15.9 Å². The second kappa shape index (κ2) is 6.78. The molecule has 0 aliphatic rings. The summed E-state index contributed by atoms with van der Waals surface area (Å²) in [6.07, 6.45) is 2.87. The van der Waals surface area contributed by atoms with E-state index in [1.165, 1.54) is 0 Å². The number of likely N-dealkylation sites (N-methyl/N-ethyl adjacent to an activating group) is 1. The van der Waals surface area contributed by atoms with Crippen LogP contribution in [0.15, 0.2) is 41.0 Å². The number of nitrogens with one attached hydrogen (secondary N) is 1. The molecule has 0 fully saturated rings. The summed E-state index contributed by atoms with van der Waals surface area (Å²) in [4.78, 5) is 9.13. The van der Waals surface area contributed by atoms with Crippen molar-refractivity contribution in [1.82, 2.24) is 15.3 Å². The van der Waals surface area contributed by atoms with Crippen molar-refractivity contribution in [2.24, 2.45) is 0 Å². The highest BCUT2D eigenvalue weighted by Crippen LogP contribution is 2.27. The molecule has 0 spiro atoms. The van der Waals surface area contributed by atoms with Crippen LogP contribution in [0.3, 0.4) is 0 Å². The highest BCUT2D eigenvalue weighted by molar-refractivity contribution is 9.10. The minimum Gasteiger partial charge on any atom is -0.319 e. The summed E-state index contributed by atoms with van der Waals surface area (Å²) < 4.78 is 1.06. The van der Waals surface area contributed by atoms with Gasteiger partial charge in [0.25, 0.3) is 0 Å². The monoisotopic (exact) mass is 319 g/mol. The van der Waals surface area contributed by atoms with Crippen LogP contribution < -0.4 is 5.32 Å². The van der Waals surface area contributed by atoms with Crippen LogP contribution in [0.2, 0.25) is 0 Å². The molecule has 0 amide bonds. The second-order valence-corrected chi connectivity index (χ2v) is 5.30. The van der Waals surface area contributed by atoms with E-state index in [4.69, 9.17) is 4.98 Å².